The molecule has 38 heavy (non-hydrogen) atoms. The second-order valence-corrected chi connectivity index (χ2v) is 17.7. The molecule has 0 radical (unpaired) electrons. The molecule has 4 aromatic rings. The van der Waals surface area contributed by atoms with Crippen LogP contribution < -0.4 is 0 Å². The number of nitrogens with zero attached hydrogens (tertiary/aromatic N) is 2. The Morgan fingerprint density at radius 1 is 0.974 bits per heavy atom. The maximum atomic E-state index is 13.9. The smallest absolute Gasteiger partial charge is 0.207 e. The zero-order valence-electron chi connectivity index (χ0n) is 21.6. The topological polar surface area (TPSA) is 61.2 Å². The van der Waals surface area contributed by atoms with E-state index >= 15 is 0 Å². The number of hydrogen-bond donors (Lipinski definition) is 0. The van der Waals surface area contributed by atoms with Crippen LogP contribution >= 0.6 is 0 Å². The van der Waals surface area contributed by atoms with E-state index in [1.54, 1.807) is 59.4 Å². The highest BCUT2D eigenvalue weighted by molar-refractivity contribution is 7.91. The first-order valence-corrected chi connectivity index (χ1v) is 17.4. The van der Waals surface area contributed by atoms with Gasteiger partial charge in [-0.25, -0.2) is 22.2 Å². The summed E-state index contributed by atoms with van der Waals surface area (Å²) in [7, 11) is -5.09. The molecule has 5 nitrogen and oxygen atoms in total. The van der Waals surface area contributed by atoms with E-state index in [1.807, 2.05) is 0 Å². The van der Waals surface area contributed by atoms with Crippen molar-refractivity contribution in [3.05, 3.63) is 102 Å². The second-order valence-electron chi connectivity index (χ2n) is 10.1. The highest BCUT2D eigenvalue weighted by atomic mass is 32.2. The molecule has 4 rings (SSSR count). The van der Waals surface area contributed by atoms with E-state index in [2.05, 4.69) is 24.6 Å². The third-order valence-electron chi connectivity index (χ3n) is 5.97. The molecule has 198 valence electrons. The van der Waals surface area contributed by atoms with Crippen molar-refractivity contribution in [2.45, 2.75) is 42.2 Å². The van der Waals surface area contributed by atoms with E-state index in [0.29, 0.717) is 23.6 Å². The Bertz CT molecular complexity index is 1540. The summed E-state index contributed by atoms with van der Waals surface area (Å²) in [5.74, 6) is -0.804. The van der Waals surface area contributed by atoms with E-state index < -0.39 is 29.5 Å². The molecule has 0 spiro atoms. The minimum atomic E-state index is -3.87. The molecule has 0 atom stereocenters. The minimum Gasteiger partial charge on any atom is -0.361 e. The fraction of sp³-hybridized carbons (Fsp3) is 0.207. The quantitative estimate of drug-likeness (QED) is 0.119. The van der Waals surface area contributed by atoms with Gasteiger partial charge < -0.3 is 9.30 Å². The van der Waals surface area contributed by atoms with Crippen LogP contribution in [0.4, 0.5) is 8.78 Å². The van der Waals surface area contributed by atoms with Crippen molar-refractivity contribution in [3.8, 4) is 11.4 Å². The van der Waals surface area contributed by atoms with E-state index in [4.69, 9.17) is 4.74 Å². The van der Waals surface area contributed by atoms with Crippen molar-refractivity contribution in [1.82, 2.24) is 9.55 Å². The van der Waals surface area contributed by atoms with Crippen LogP contribution in [0.5, 0.6) is 0 Å². The number of sulfone groups is 1. The zero-order valence-corrected chi connectivity index (χ0v) is 23.4. The van der Waals surface area contributed by atoms with Gasteiger partial charge in [0, 0.05) is 44.3 Å². The zero-order chi connectivity index (χ0) is 27.3. The normalized spacial score (nSPS) is 12.3. The summed E-state index contributed by atoms with van der Waals surface area (Å²) >= 11 is 0. The van der Waals surface area contributed by atoms with E-state index in [1.165, 1.54) is 30.3 Å². The molecule has 0 aliphatic carbocycles. The van der Waals surface area contributed by atoms with Crippen LogP contribution in [0.3, 0.4) is 0 Å². The predicted molar refractivity (Wildman–Crippen MR) is 149 cm³/mol. The number of imidazole rings is 1. The Balaban J connectivity index is 1.56. The highest BCUT2D eigenvalue weighted by Gasteiger charge is 2.23. The fourth-order valence-corrected chi connectivity index (χ4v) is 6.00. The molecule has 0 aliphatic heterocycles. The van der Waals surface area contributed by atoms with Gasteiger partial charge in [-0.2, -0.15) is 0 Å². The Morgan fingerprint density at radius 3 is 2.42 bits per heavy atom. The lowest BCUT2D eigenvalue weighted by Crippen LogP contribution is -2.22. The number of halogens is 2. The molecule has 0 saturated carbocycles. The Labute approximate surface area is 223 Å². The molecule has 0 unspecified atom stereocenters. The summed E-state index contributed by atoms with van der Waals surface area (Å²) in [6, 6.07) is 17.5. The van der Waals surface area contributed by atoms with Crippen molar-refractivity contribution in [2.24, 2.45) is 0 Å². The standard InChI is InChI=1S/C29H30F2N2O3SSi/c1-38(2,3)19-18-36-21-33-17-16-32-29(33)26-6-4-5-7-28(26)37(34,35)25-14-9-22(10-15-25)8-11-23-12-13-24(30)20-27(23)31/h4-17,20H,18-19,21H2,1-3H3. The van der Waals surface area contributed by atoms with Crippen molar-refractivity contribution in [2.75, 3.05) is 6.61 Å². The first kappa shape index (κ1) is 27.6. The highest BCUT2D eigenvalue weighted by Crippen LogP contribution is 2.31. The number of ether oxygens (including phenoxy) is 1. The average Bonchev–Trinajstić information content (AvgIpc) is 3.34. The molecular formula is C29H30F2N2O3SSi. The van der Waals surface area contributed by atoms with Gasteiger partial charge in [-0.15, -0.1) is 0 Å². The van der Waals surface area contributed by atoms with Gasteiger partial charge in [0.15, 0.2) is 0 Å². The lowest BCUT2D eigenvalue weighted by atomic mass is 10.1. The number of hydrogen-bond acceptors (Lipinski definition) is 4. The van der Waals surface area contributed by atoms with Crippen molar-refractivity contribution < 1.29 is 21.9 Å². The number of rotatable bonds is 10. The second kappa shape index (κ2) is 11.5. The van der Waals surface area contributed by atoms with Crippen LogP contribution in [0.15, 0.2) is 88.9 Å². The molecule has 0 saturated heterocycles. The maximum absolute atomic E-state index is 13.9. The van der Waals surface area contributed by atoms with Gasteiger partial charge in [0.05, 0.1) is 9.79 Å². The van der Waals surface area contributed by atoms with Crippen LogP contribution in [0.2, 0.25) is 25.7 Å². The summed E-state index contributed by atoms with van der Waals surface area (Å²) < 4.78 is 62.0. The molecule has 9 heteroatoms. The summed E-state index contributed by atoms with van der Waals surface area (Å²) in [5.41, 5.74) is 1.39. The van der Waals surface area contributed by atoms with Crippen LogP contribution in [0.25, 0.3) is 23.5 Å². The van der Waals surface area contributed by atoms with Gasteiger partial charge in [-0.3, -0.25) is 0 Å². The first-order chi connectivity index (χ1) is 18.0. The molecule has 0 N–H and O–H groups in total. The molecule has 0 amide bonds. The number of benzene rings is 3. The molecule has 0 aliphatic rings. The lowest BCUT2D eigenvalue weighted by Gasteiger charge is -2.16. The number of aromatic nitrogens is 2. The van der Waals surface area contributed by atoms with Crippen LogP contribution in [-0.4, -0.2) is 32.6 Å². The summed E-state index contributed by atoms with van der Waals surface area (Å²) in [4.78, 5) is 4.69. The molecule has 0 fully saturated rings. The lowest BCUT2D eigenvalue weighted by molar-refractivity contribution is 0.0882. The predicted octanol–water partition coefficient (Wildman–Crippen LogP) is 7.14. The largest absolute Gasteiger partial charge is 0.361 e. The van der Waals surface area contributed by atoms with E-state index in [-0.39, 0.29) is 22.1 Å². The Hall–Kier alpha value is -3.40. The summed E-state index contributed by atoms with van der Waals surface area (Å²) in [6.07, 6.45) is 6.56. The van der Waals surface area contributed by atoms with Gasteiger partial charge in [0.25, 0.3) is 0 Å². The van der Waals surface area contributed by atoms with Crippen LogP contribution in [0.1, 0.15) is 11.1 Å². The third kappa shape index (κ3) is 6.72. The van der Waals surface area contributed by atoms with Gasteiger partial charge in [-0.1, -0.05) is 56.1 Å². The van der Waals surface area contributed by atoms with Crippen LogP contribution in [0, 0.1) is 11.6 Å². The van der Waals surface area contributed by atoms with Crippen molar-refractivity contribution in [3.63, 3.8) is 0 Å². The third-order valence-corrected chi connectivity index (χ3v) is 9.50. The van der Waals surface area contributed by atoms with Crippen molar-refractivity contribution >= 4 is 30.1 Å². The van der Waals surface area contributed by atoms with Gasteiger partial charge in [-0.05, 0) is 48.0 Å². The maximum Gasteiger partial charge on any atom is 0.207 e. The summed E-state index contributed by atoms with van der Waals surface area (Å²) in [5, 5.41) is 0. The van der Waals surface area contributed by atoms with E-state index in [9.17, 15) is 17.2 Å². The van der Waals surface area contributed by atoms with E-state index in [0.717, 1.165) is 12.1 Å². The monoisotopic (exact) mass is 552 g/mol. The minimum absolute atomic E-state index is 0.125. The van der Waals surface area contributed by atoms with Gasteiger partial charge >= 0.3 is 0 Å². The molecule has 1 aromatic heterocycles. The SMILES string of the molecule is C[Si](C)(C)CCOCn1ccnc1-c1ccccc1S(=O)(=O)c1ccc(C=Cc2ccc(F)cc2F)cc1. The summed E-state index contributed by atoms with van der Waals surface area (Å²) in [6.45, 7) is 7.78. The van der Waals surface area contributed by atoms with Gasteiger partial charge in [0.2, 0.25) is 9.84 Å². The molecule has 0 bridgehead atoms. The Morgan fingerprint density at radius 2 is 1.71 bits per heavy atom. The Kier molecular flexibility index (Phi) is 8.40. The van der Waals surface area contributed by atoms with Crippen LogP contribution in [-0.2, 0) is 21.3 Å². The average molecular weight is 553 g/mol. The first-order valence-electron chi connectivity index (χ1n) is 12.2. The van der Waals surface area contributed by atoms with Gasteiger partial charge in [0.1, 0.15) is 24.2 Å². The fourth-order valence-electron chi connectivity index (χ4n) is 3.79. The molecular weight excluding hydrogens is 522 g/mol. The van der Waals surface area contributed by atoms with Crippen molar-refractivity contribution in [1.29, 1.82) is 0 Å². The molecule has 3 aromatic carbocycles. The molecule has 1 heterocycles.